The molecule has 0 saturated heterocycles. The van der Waals surface area contributed by atoms with E-state index in [9.17, 15) is 4.79 Å². The van der Waals surface area contributed by atoms with E-state index in [2.05, 4.69) is 6.58 Å². The molecule has 0 saturated carbocycles. The van der Waals surface area contributed by atoms with Crippen LogP contribution in [0, 0.1) is 0 Å². The summed E-state index contributed by atoms with van der Waals surface area (Å²) < 4.78 is 17.1. The van der Waals surface area contributed by atoms with Crippen molar-refractivity contribution in [1.82, 2.24) is 0 Å². The highest BCUT2D eigenvalue weighted by atomic mass is 28.4. The summed E-state index contributed by atoms with van der Waals surface area (Å²) in [7, 11) is -2.95. The fraction of sp³-hybridized carbons (Fsp3) is 0.769. The van der Waals surface area contributed by atoms with Crippen molar-refractivity contribution in [2.45, 2.75) is 52.5 Å². The van der Waals surface area contributed by atoms with Gasteiger partial charge in [-0.25, -0.2) is 4.79 Å². The summed E-state index contributed by atoms with van der Waals surface area (Å²) in [5.41, 5.74) is 0.0968. The molecule has 0 aliphatic rings. The Morgan fingerprint density at radius 1 is 1.22 bits per heavy atom. The van der Waals surface area contributed by atoms with Gasteiger partial charge in [-0.05, 0) is 19.3 Å². The zero-order valence-corrected chi connectivity index (χ0v) is 13.0. The van der Waals surface area contributed by atoms with Crippen LogP contribution in [0.2, 0.25) is 5.54 Å². The van der Waals surface area contributed by atoms with E-state index in [4.69, 9.17) is 13.3 Å². The molecule has 0 aromatic heterocycles. The maximum atomic E-state index is 11.5. The second-order valence-electron chi connectivity index (χ2n) is 4.23. The Hall–Kier alpha value is -0.653. The molecule has 106 valence electrons. The summed E-state index contributed by atoms with van der Waals surface area (Å²) >= 11 is 0. The third kappa shape index (κ3) is 5.33. The van der Waals surface area contributed by atoms with Gasteiger partial charge in [0.25, 0.3) is 0 Å². The van der Waals surface area contributed by atoms with Crippen molar-refractivity contribution in [2.75, 3.05) is 13.2 Å². The monoisotopic (exact) mass is 274 g/mol. The van der Waals surface area contributed by atoms with Gasteiger partial charge in [0.1, 0.15) is 0 Å². The molecular formula is C13H26O4Si. The molecule has 18 heavy (non-hydrogen) atoms. The summed E-state index contributed by atoms with van der Waals surface area (Å²) in [5, 5.41) is 0. The third-order valence-electron chi connectivity index (χ3n) is 2.64. The summed E-state index contributed by atoms with van der Waals surface area (Å²) in [6.07, 6.45) is 3.75. The van der Waals surface area contributed by atoms with E-state index in [1.54, 1.807) is 0 Å². The lowest BCUT2D eigenvalue weighted by Gasteiger charge is -2.32. The van der Waals surface area contributed by atoms with Gasteiger partial charge >= 0.3 is 14.8 Å². The zero-order valence-electron chi connectivity index (χ0n) is 12.0. The Labute approximate surface area is 112 Å². The Morgan fingerprint density at radius 2 is 1.72 bits per heavy atom. The van der Waals surface area contributed by atoms with Crippen molar-refractivity contribution in [3.63, 3.8) is 0 Å². The van der Waals surface area contributed by atoms with Crippen LogP contribution in [0.1, 0.15) is 47.0 Å². The zero-order chi connectivity index (χ0) is 14.0. The van der Waals surface area contributed by atoms with E-state index in [1.807, 2.05) is 27.7 Å². The molecule has 0 N–H and O–H groups in total. The normalized spacial score (nSPS) is 13.1. The molecule has 5 heteroatoms. The molecule has 0 aromatic rings. The van der Waals surface area contributed by atoms with Crippen LogP contribution in [0.3, 0.4) is 0 Å². The lowest BCUT2D eigenvalue weighted by atomic mass is 10.4. The van der Waals surface area contributed by atoms with Crippen LogP contribution in [0.25, 0.3) is 0 Å². The topological polar surface area (TPSA) is 44.8 Å². The van der Waals surface area contributed by atoms with Crippen molar-refractivity contribution in [3.8, 4) is 0 Å². The predicted molar refractivity (Wildman–Crippen MR) is 74.2 cm³/mol. The number of carbonyl (C=O) groups excluding carboxylic acids is 1. The first-order chi connectivity index (χ1) is 8.56. The molecule has 0 aromatic carbocycles. The number of hydrogen-bond donors (Lipinski definition) is 0. The van der Waals surface area contributed by atoms with Crippen molar-refractivity contribution >= 4 is 14.8 Å². The van der Waals surface area contributed by atoms with Gasteiger partial charge in [-0.1, -0.05) is 34.3 Å². The molecule has 0 spiro atoms. The van der Waals surface area contributed by atoms with Gasteiger partial charge in [-0.15, -0.1) is 0 Å². The van der Waals surface area contributed by atoms with Crippen molar-refractivity contribution in [2.24, 2.45) is 0 Å². The quantitative estimate of drug-likeness (QED) is 0.453. The number of carbonyl (C=O) groups is 1. The Kier molecular flexibility index (Phi) is 8.96. The third-order valence-corrected chi connectivity index (χ3v) is 5.95. The standard InChI is InChI=1S/C13H26O4Si/c1-6-10-15-18(12(5)8-3,16-11-7-2)17-13(14)9-4/h9,12H,4,6-8,10-11H2,1-3,5H3. The summed E-state index contributed by atoms with van der Waals surface area (Å²) in [6.45, 7) is 12.6. The molecule has 0 heterocycles. The fourth-order valence-electron chi connectivity index (χ4n) is 1.41. The molecule has 0 amide bonds. The molecule has 0 rings (SSSR count). The van der Waals surface area contributed by atoms with E-state index >= 15 is 0 Å². The Balaban J connectivity index is 4.96. The highest BCUT2D eigenvalue weighted by Crippen LogP contribution is 2.29. The molecule has 0 aliphatic carbocycles. The van der Waals surface area contributed by atoms with Crippen LogP contribution in [-0.2, 0) is 18.1 Å². The predicted octanol–water partition coefficient (Wildman–Crippen LogP) is 3.31. The molecule has 0 aliphatic heterocycles. The first-order valence-electron chi connectivity index (χ1n) is 6.69. The molecule has 4 nitrogen and oxygen atoms in total. The van der Waals surface area contributed by atoms with Gasteiger partial charge in [0.2, 0.25) is 0 Å². The molecule has 1 atom stereocenters. The van der Waals surface area contributed by atoms with Gasteiger partial charge in [-0.3, -0.25) is 0 Å². The fourth-order valence-corrected chi connectivity index (χ4v) is 4.22. The van der Waals surface area contributed by atoms with E-state index < -0.39 is 14.8 Å². The minimum Gasteiger partial charge on any atom is -0.470 e. The average molecular weight is 274 g/mol. The number of hydrogen-bond acceptors (Lipinski definition) is 4. The van der Waals surface area contributed by atoms with E-state index in [0.717, 1.165) is 25.3 Å². The van der Waals surface area contributed by atoms with E-state index in [0.29, 0.717) is 13.2 Å². The highest BCUT2D eigenvalue weighted by molar-refractivity contribution is 6.64. The molecule has 0 bridgehead atoms. The number of rotatable bonds is 10. The van der Waals surface area contributed by atoms with Crippen LogP contribution in [-0.4, -0.2) is 28.0 Å². The van der Waals surface area contributed by atoms with Crippen LogP contribution in [0.4, 0.5) is 0 Å². The van der Waals surface area contributed by atoms with Gasteiger partial charge < -0.3 is 13.3 Å². The van der Waals surface area contributed by atoms with Crippen LogP contribution in [0.15, 0.2) is 12.7 Å². The lowest BCUT2D eigenvalue weighted by Crippen LogP contribution is -2.51. The molecule has 1 unspecified atom stereocenters. The van der Waals surface area contributed by atoms with Crippen molar-refractivity contribution < 1.29 is 18.1 Å². The SMILES string of the molecule is C=CC(=O)O[Si](OCCC)(OCCC)C(C)CC. The molecule has 0 fully saturated rings. The van der Waals surface area contributed by atoms with Crippen LogP contribution in [0.5, 0.6) is 0 Å². The van der Waals surface area contributed by atoms with Crippen LogP contribution >= 0.6 is 0 Å². The first kappa shape index (κ1) is 17.3. The summed E-state index contributed by atoms with van der Waals surface area (Å²) in [4.78, 5) is 11.5. The lowest BCUT2D eigenvalue weighted by molar-refractivity contribution is -0.134. The Bertz CT molecular complexity index is 247. The average Bonchev–Trinajstić information content (AvgIpc) is 2.40. The molecule has 0 radical (unpaired) electrons. The second kappa shape index (κ2) is 9.30. The molecular weight excluding hydrogens is 248 g/mol. The Morgan fingerprint density at radius 3 is 2.06 bits per heavy atom. The summed E-state index contributed by atoms with van der Waals surface area (Å²) in [5.74, 6) is -0.464. The van der Waals surface area contributed by atoms with Gasteiger partial charge in [0.05, 0.1) is 0 Å². The van der Waals surface area contributed by atoms with Crippen molar-refractivity contribution in [3.05, 3.63) is 12.7 Å². The minimum atomic E-state index is -2.95. The van der Waals surface area contributed by atoms with E-state index in [-0.39, 0.29) is 5.54 Å². The van der Waals surface area contributed by atoms with Gasteiger partial charge in [0.15, 0.2) is 0 Å². The van der Waals surface area contributed by atoms with Crippen LogP contribution < -0.4 is 0 Å². The maximum Gasteiger partial charge on any atom is 0.571 e. The highest BCUT2D eigenvalue weighted by Gasteiger charge is 2.49. The van der Waals surface area contributed by atoms with E-state index in [1.165, 1.54) is 0 Å². The van der Waals surface area contributed by atoms with Gasteiger partial charge in [0, 0.05) is 24.8 Å². The second-order valence-corrected chi connectivity index (χ2v) is 7.21. The first-order valence-corrected chi connectivity index (χ1v) is 8.49. The smallest absolute Gasteiger partial charge is 0.470 e. The summed E-state index contributed by atoms with van der Waals surface area (Å²) in [6, 6.07) is 0. The minimum absolute atomic E-state index is 0.0968. The van der Waals surface area contributed by atoms with Gasteiger partial charge in [-0.2, -0.15) is 0 Å². The largest absolute Gasteiger partial charge is 0.571 e. The maximum absolute atomic E-state index is 11.5. The van der Waals surface area contributed by atoms with Crippen molar-refractivity contribution in [1.29, 1.82) is 0 Å².